The van der Waals surface area contributed by atoms with E-state index in [2.05, 4.69) is 51.8 Å². The molecule has 3 nitrogen and oxygen atoms in total. The molecule has 1 fully saturated rings. The van der Waals surface area contributed by atoms with Crippen LogP contribution in [0.15, 0.2) is 0 Å². The summed E-state index contributed by atoms with van der Waals surface area (Å²) >= 11 is 0. The van der Waals surface area contributed by atoms with Gasteiger partial charge in [-0.3, -0.25) is 4.79 Å². The highest BCUT2D eigenvalue weighted by atomic mass is 16.2. The van der Waals surface area contributed by atoms with Crippen LogP contribution in [0.1, 0.15) is 41.5 Å². The van der Waals surface area contributed by atoms with Gasteiger partial charge in [0, 0.05) is 18.6 Å². The van der Waals surface area contributed by atoms with Gasteiger partial charge in [0.2, 0.25) is 5.91 Å². The fraction of sp³-hybridized carbons (Fsp3) is 0.929. The van der Waals surface area contributed by atoms with Crippen molar-refractivity contribution in [2.75, 3.05) is 13.1 Å². The van der Waals surface area contributed by atoms with Crippen molar-refractivity contribution in [1.82, 2.24) is 10.2 Å². The normalized spacial score (nSPS) is 27.1. The van der Waals surface area contributed by atoms with E-state index < -0.39 is 0 Å². The van der Waals surface area contributed by atoms with E-state index in [4.69, 9.17) is 0 Å². The highest BCUT2D eigenvalue weighted by Gasteiger charge is 2.37. The Kier molecular flexibility index (Phi) is 4.99. The summed E-state index contributed by atoms with van der Waals surface area (Å²) in [7, 11) is 0. The molecule has 0 bridgehead atoms. The molecule has 0 aromatic carbocycles. The van der Waals surface area contributed by atoms with Crippen molar-refractivity contribution in [2.45, 2.75) is 53.6 Å². The fourth-order valence-corrected chi connectivity index (χ4v) is 3.01. The quantitative estimate of drug-likeness (QED) is 0.819. The Hall–Kier alpha value is -0.570. The Morgan fingerprint density at radius 3 is 2.12 bits per heavy atom. The van der Waals surface area contributed by atoms with E-state index in [9.17, 15) is 4.79 Å². The average molecular weight is 240 g/mol. The van der Waals surface area contributed by atoms with E-state index in [1.807, 2.05) is 0 Å². The Morgan fingerprint density at radius 1 is 1.12 bits per heavy atom. The van der Waals surface area contributed by atoms with Crippen molar-refractivity contribution in [3.8, 4) is 0 Å². The number of nitrogens with zero attached hydrogens (tertiary/aromatic N) is 1. The maximum atomic E-state index is 12.2. The summed E-state index contributed by atoms with van der Waals surface area (Å²) in [5, 5.41) is 3.31. The largest absolute Gasteiger partial charge is 0.336 e. The molecule has 1 amide bonds. The smallest absolute Gasteiger partial charge is 0.237 e. The zero-order valence-electron chi connectivity index (χ0n) is 12.2. The fourth-order valence-electron chi connectivity index (χ4n) is 3.01. The Balaban J connectivity index is 3.05. The average Bonchev–Trinajstić information content (AvgIpc) is 2.36. The number of nitrogens with one attached hydrogen (secondary N) is 1. The summed E-state index contributed by atoms with van der Waals surface area (Å²) in [6.45, 7) is 14.7. The molecule has 2 atom stereocenters. The number of rotatable bonds is 3. The molecule has 1 aliphatic rings. The molecule has 17 heavy (non-hydrogen) atoms. The minimum atomic E-state index is 0.252. The first kappa shape index (κ1) is 14.5. The molecule has 1 saturated heterocycles. The third kappa shape index (κ3) is 3.21. The lowest BCUT2D eigenvalue weighted by Crippen LogP contribution is -2.51. The van der Waals surface area contributed by atoms with E-state index >= 15 is 0 Å². The summed E-state index contributed by atoms with van der Waals surface area (Å²) in [5.74, 6) is 1.90. The zero-order chi connectivity index (χ0) is 13.2. The van der Waals surface area contributed by atoms with Gasteiger partial charge in [-0.05, 0) is 31.6 Å². The van der Waals surface area contributed by atoms with Gasteiger partial charge < -0.3 is 10.2 Å². The van der Waals surface area contributed by atoms with Crippen LogP contribution in [0, 0.1) is 17.8 Å². The van der Waals surface area contributed by atoms with Gasteiger partial charge in [0.25, 0.3) is 0 Å². The lowest BCUT2D eigenvalue weighted by atomic mass is 9.81. The Morgan fingerprint density at radius 2 is 1.71 bits per heavy atom. The molecule has 1 heterocycles. The summed E-state index contributed by atoms with van der Waals surface area (Å²) in [4.78, 5) is 14.3. The van der Waals surface area contributed by atoms with Crippen LogP contribution in [-0.4, -0.2) is 36.0 Å². The first-order valence-electron chi connectivity index (χ1n) is 6.88. The molecule has 0 aromatic rings. The third-order valence-electron chi connectivity index (χ3n) is 3.80. The number of carbonyl (C=O) groups excluding carboxylic acids is 1. The van der Waals surface area contributed by atoms with Gasteiger partial charge in [0.15, 0.2) is 0 Å². The van der Waals surface area contributed by atoms with Crippen LogP contribution in [0.25, 0.3) is 0 Å². The molecule has 0 aliphatic carbocycles. The van der Waals surface area contributed by atoms with Crippen molar-refractivity contribution in [1.29, 1.82) is 0 Å². The van der Waals surface area contributed by atoms with Crippen LogP contribution in [-0.2, 0) is 4.79 Å². The molecule has 1 rings (SSSR count). The monoisotopic (exact) mass is 240 g/mol. The Bertz CT molecular complexity index is 261. The van der Waals surface area contributed by atoms with Gasteiger partial charge in [-0.1, -0.05) is 27.7 Å². The van der Waals surface area contributed by atoms with Crippen LogP contribution in [0.5, 0.6) is 0 Å². The molecule has 1 aliphatic heterocycles. The predicted octanol–water partition coefficient (Wildman–Crippen LogP) is 2.12. The van der Waals surface area contributed by atoms with E-state index in [1.165, 1.54) is 0 Å². The van der Waals surface area contributed by atoms with Crippen LogP contribution in [0.4, 0.5) is 0 Å². The van der Waals surface area contributed by atoms with Gasteiger partial charge in [0.1, 0.15) is 0 Å². The Labute approximate surface area is 106 Å². The first-order chi connectivity index (χ1) is 7.86. The maximum Gasteiger partial charge on any atom is 0.237 e. The SMILES string of the molecule is CC(C)C1CNCC(=O)N(C(C)C)C1C(C)C. The van der Waals surface area contributed by atoms with Gasteiger partial charge in [-0.2, -0.15) is 0 Å². The van der Waals surface area contributed by atoms with E-state index in [-0.39, 0.29) is 11.9 Å². The first-order valence-corrected chi connectivity index (χ1v) is 6.88. The molecule has 1 N–H and O–H groups in total. The summed E-state index contributed by atoms with van der Waals surface area (Å²) in [6, 6.07) is 0.647. The van der Waals surface area contributed by atoms with Crippen molar-refractivity contribution in [3.05, 3.63) is 0 Å². The molecule has 100 valence electrons. The van der Waals surface area contributed by atoms with Gasteiger partial charge in [0.05, 0.1) is 6.54 Å². The number of hydrogen-bond acceptors (Lipinski definition) is 2. The number of hydrogen-bond donors (Lipinski definition) is 1. The summed E-state index contributed by atoms with van der Waals surface area (Å²) in [5.41, 5.74) is 0. The summed E-state index contributed by atoms with van der Waals surface area (Å²) in [6.07, 6.45) is 0. The molecule has 2 unspecified atom stereocenters. The molecular weight excluding hydrogens is 212 g/mol. The summed E-state index contributed by atoms with van der Waals surface area (Å²) < 4.78 is 0. The van der Waals surface area contributed by atoms with E-state index in [0.717, 1.165) is 6.54 Å². The number of carbonyl (C=O) groups is 1. The molecule has 0 saturated carbocycles. The predicted molar refractivity (Wildman–Crippen MR) is 71.8 cm³/mol. The lowest BCUT2D eigenvalue weighted by molar-refractivity contribution is -0.136. The second kappa shape index (κ2) is 5.85. The van der Waals surface area contributed by atoms with Crippen molar-refractivity contribution < 1.29 is 4.79 Å². The minimum Gasteiger partial charge on any atom is -0.336 e. The topological polar surface area (TPSA) is 32.3 Å². The molecule has 3 heteroatoms. The highest BCUT2D eigenvalue weighted by molar-refractivity contribution is 5.79. The number of amides is 1. The third-order valence-corrected chi connectivity index (χ3v) is 3.80. The molecule has 0 aromatic heterocycles. The van der Waals surface area contributed by atoms with E-state index in [1.54, 1.807) is 0 Å². The highest BCUT2D eigenvalue weighted by Crippen LogP contribution is 2.28. The second-order valence-electron chi connectivity index (χ2n) is 6.17. The zero-order valence-corrected chi connectivity index (χ0v) is 12.2. The maximum absolute atomic E-state index is 12.2. The van der Waals surface area contributed by atoms with E-state index in [0.29, 0.717) is 30.3 Å². The van der Waals surface area contributed by atoms with Crippen LogP contribution < -0.4 is 5.32 Å². The van der Waals surface area contributed by atoms with Gasteiger partial charge >= 0.3 is 0 Å². The standard InChI is InChI=1S/C14H28N2O/c1-9(2)12-7-15-8-13(17)16(11(5)6)14(12)10(3)4/h9-12,14-15H,7-8H2,1-6H3. The van der Waals surface area contributed by atoms with Crippen molar-refractivity contribution >= 4 is 5.91 Å². The minimum absolute atomic E-state index is 0.252. The van der Waals surface area contributed by atoms with Crippen molar-refractivity contribution in [2.24, 2.45) is 17.8 Å². The molecular formula is C14H28N2O. The molecule has 0 spiro atoms. The lowest BCUT2D eigenvalue weighted by Gasteiger charge is -2.41. The van der Waals surface area contributed by atoms with Crippen LogP contribution >= 0.6 is 0 Å². The van der Waals surface area contributed by atoms with Gasteiger partial charge in [-0.25, -0.2) is 0 Å². The van der Waals surface area contributed by atoms with Crippen LogP contribution in [0.3, 0.4) is 0 Å². The van der Waals surface area contributed by atoms with Crippen LogP contribution in [0.2, 0.25) is 0 Å². The molecule has 0 radical (unpaired) electrons. The second-order valence-corrected chi connectivity index (χ2v) is 6.17. The van der Waals surface area contributed by atoms with Crippen molar-refractivity contribution in [3.63, 3.8) is 0 Å². The van der Waals surface area contributed by atoms with Gasteiger partial charge in [-0.15, -0.1) is 0 Å².